The lowest BCUT2D eigenvalue weighted by atomic mass is 9.92. The van der Waals surface area contributed by atoms with E-state index in [2.05, 4.69) is 26.6 Å². The molecule has 0 unspecified atom stereocenters. The van der Waals surface area contributed by atoms with Crippen LogP contribution in [0.2, 0.25) is 0 Å². The van der Waals surface area contributed by atoms with Crippen LogP contribution in [-0.2, 0) is 4.79 Å². The summed E-state index contributed by atoms with van der Waals surface area (Å²) in [4.78, 5) is 22.9. The lowest BCUT2D eigenvalue weighted by Gasteiger charge is -2.43. The van der Waals surface area contributed by atoms with Crippen LogP contribution in [0, 0.1) is 11.8 Å². The Morgan fingerprint density at radius 3 is 2.03 bits per heavy atom. The number of nitrogens with two attached hydrogens (primary N) is 1. The monoisotopic (exact) mass is 406 g/mol. The van der Waals surface area contributed by atoms with E-state index in [4.69, 9.17) is 5.84 Å². The average Bonchev–Trinajstić information content (AvgIpc) is 2.76. The molecule has 0 aromatic rings. The van der Waals surface area contributed by atoms with E-state index in [1.165, 1.54) is 45.3 Å². The maximum Gasteiger partial charge on any atom is 0.225 e. The highest BCUT2D eigenvalue weighted by molar-refractivity contribution is 5.79. The van der Waals surface area contributed by atoms with Crippen LogP contribution in [-0.4, -0.2) is 116 Å². The average molecular weight is 407 g/mol. The first-order valence-electron chi connectivity index (χ1n) is 12.0. The number of hydrazine groups is 1. The molecule has 4 aliphatic rings. The number of hydrogen-bond acceptors (Lipinski definition) is 6. The zero-order valence-corrected chi connectivity index (χ0v) is 18.5. The van der Waals surface area contributed by atoms with Crippen molar-refractivity contribution in [1.29, 1.82) is 0 Å². The molecule has 0 aromatic heterocycles. The quantitative estimate of drug-likeness (QED) is 0.687. The molecule has 0 spiro atoms. The van der Waals surface area contributed by atoms with Crippen molar-refractivity contribution in [3.8, 4) is 0 Å². The van der Waals surface area contributed by atoms with E-state index >= 15 is 0 Å². The molecule has 7 nitrogen and oxygen atoms in total. The molecule has 0 bridgehead atoms. The smallest absolute Gasteiger partial charge is 0.225 e. The van der Waals surface area contributed by atoms with Crippen LogP contribution in [0.15, 0.2) is 0 Å². The van der Waals surface area contributed by atoms with Gasteiger partial charge in [0, 0.05) is 57.8 Å². The number of piperazine rings is 1. The standard InChI is InChI=1S/C22H42N6O/c1-24-8-6-21(7-9-24)26-14-16-27(17-15-26)22(29)20-4-10-25(11-5-20)18-19-2-12-28(23)13-3-19/h19-21H,2-18,23H2,1H3. The Labute approximate surface area is 177 Å². The van der Waals surface area contributed by atoms with Crippen molar-refractivity contribution in [1.82, 2.24) is 24.6 Å². The van der Waals surface area contributed by atoms with E-state index in [1.807, 2.05) is 5.01 Å². The molecule has 4 fully saturated rings. The van der Waals surface area contributed by atoms with Gasteiger partial charge in [0.2, 0.25) is 5.91 Å². The summed E-state index contributed by atoms with van der Waals surface area (Å²) >= 11 is 0. The van der Waals surface area contributed by atoms with Crippen LogP contribution in [0.1, 0.15) is 38.5 Å². The number of amides is 1. The molecular formula is C22H42N6O. The molecule has 4 heterocycles. The summed E-state index contributed by atoms with van der Waals surface area (Å²) in [7, 11) is 2.22. The van der Waals surface area contributed by atoms with Crippen LogP contribution >= 0.6 is 0 Å². The molecule has 0 aliphatic carbocycles. The van der Waals surface area contributed by atoms with Crippen molar-refractivity contribution in [2.45, 2.75) is 44.6 Å². The Morgan fingerprint density at radius 1 is 0.793 bits per heavy atom. The first-order chi connectivity index (χ1) is 14.1. The van der Waals surface area contributed by atoms with E-state index in [-0.39, 0.29) is 5.92 Å². The third-order valence-electron chi connectivity index (χ3n) is 7.93. The summed E-state index contributed by atoms with van der Waals surface area (Å²) in [5.74, 6) is 7.36. The molecule has 7 heteroatoms. The maximum absolute atomic E-state index is 13.1. The number of hydrogen-bond donors (Lipinski definition) is 1. The molecule has 1 amide bonds. The molecule has 0 radical (unpaired) electrons. The van der Waals surface area contributed by atoms with Crippen molar-refractivity contribution in [3.63, 3.8) is 0 Å². The zero-order valence-electron chi connectivity index (χ0n) is 18.5. The lowest BCUT2D eigenvalue weighted by molar-refractivity contribution is -0.139. The highest BCUT2D eigenvalue weighted by Gasteiger charge is 2.33. The van der Waals surface area contributed by atoms with Crippen LogP contribution in [0.25, 0.3) is 0 Å². The summed E-state index contributed by atoms with van der Waals surface area (Å²) in [5, 5.41) is 1.95. The van der Waals surface area contributed by atoms with Crippen LogP contribution in [0.4, 0.5) is 0 Å². The van der Waals surface area contributed by atoms with Crippen molar-refractivity contribution in [2.75, 3.05) is 79.0 Å². The fraction of sp³-hybridized carbons (Fsp3) is 0.955. The van der Waals surface area contributed by atoms with Gasteiger partial charge < -0.3 is 14.7 Å². The third kappa shape index (κ3) is 5.70. The molecule has 4 rings (SSSR count). The minimum Gasteiger partial charge on any atom is -0.340 e. The van der Waals surface area contributed by atoms with Gasteiger partial charge in [-0.1, -0.05) is 0 Å². The largest absolute Gasteiger partial charge is 0.340 e. The van der Waals surface area contributed by atoms with Gasteiger partial charge in [-0.05, 0) is 77.7 Å². The number of likely N-dealkylation sites (tertiary alicyclic amines) is 2. The topological polar surface area (TPSA) is 59.3 Å². The van der Waals surface area contributed by atoms with E-state index in [1.54, 1.807) is 0 Å². The number of rotatable bonds is 4. The minimum atomic E-state index is 0.256. The highest BCUT2D eigenvalue weighted by atomic mass is 16.2. The van der Waals surface area contributed by atoms with Crippen LogP contribution in [0.5, 0.6) is 0 Å². The van der Waals surface area contributed by atoms with Crippen LogP contribution < -0.4 is 5.84 Å². The van der Waals surface area contributed by atoms with Crippen molar-refractivity contribution in [3.05, 3.63) is 0 Å². The Bertz CT molecular complexity index is 513. The number of carbonyl (C=O) groups is 1. The maximum atomic E-state index is 13.1. The molecule has 2 N–H and O–H groups in total. The normalized spacial score (nSPS) is 28.8. The van der Waals surface area contributed by atoms with E-state index in [0.29, 0.717) is 5.91 Å². The summed E-state index contributed by atoms with van der Waals surface area (Å²) in [6, 6.07) is 0.734. The van der Waals surface area contributed by atoms with Crippen LogP contribution in [0.3, 0.4) is 0 Å². The number of piperidine rings is 3. The molecule has 4 saturated heterocycles. The molecule has 0 aromatic carbocycles. The van der Waals surface area contributed by atoms with Gasteiger partial charge >= 0.3 is 0 Å². The highest BCUT2D eigenvalue weighted by Crippen LogP contribution is 2.24. The fourth-order valence-electron chi connectivity index (χ4n) is 5.79. The fourth-order valence-corrected chi connectivity index (χ4v) is 5.79. The zero-order chi connectivity index (χ0) is 20.2. The predicted molar refractivity (Wildman–Crippen MR) is 116 cm³/mol. The molecule has 0 atom stereocenters. The molecule has 4 aliphatic heterocycles. The van der Waals surface area contributed by atoms with Crippen molar-refractivity contribution < 1.29 is 4.79 Å². The Kier molecular flexibility index (Phi) is 7.45. The van der Waals surface area contributed by atoms with E-state index < -0.39 is 0 Å². The number of carbonyl (C=O) groups excluding carboxylic acids is 1. The minimum absolute atomic E-state index is 0.256. The molecule has 29 heavy (non-hydrogen) atoms. The van der Waals surface area contributed by atoms with Gasteiger partial charge in [-0.15, -0.1) is 0 Å². The summed E-state index contributed by atoms with van der Waals surface area (Å²) in [6.45, 7) is 11.9. The van der Waals surface area contributed by atoms with Gasteiger partial charge in [-0.2, -0.15) is 0 Å². The Hall–Kier alpha value is -0.730. The van der Waals surface area contributed by atoms with Gasteiger partial charge in [0.15, 0.2) is 0 Å². The molecule has 0 saturated carbocycles. The summed E-state index contributed by atoms with van der Waals surface area (Å²) in [5.41, 5.74) is 0. The van der Waals surface area contributed by atoms with E-state index in [9.17, 15) is 4.79 Å². The number of nitrogens with zero attached hydrogens (tertiary/aromatic N) is 5. The summed E-state index contributed by atoms with van der Waals surface area (Å²) < 4.78 is 0. The molecule has 166 valence electrons. The predicted octanol–water partition coefficient (Wildman–Crippen LogP) is 0.523. The first kappa shape index (κ1) is 21.5. The first-order valence-corrected chi connectivity index (χ1v) is 12.0. The van der Waals surface area contributed by atoms with Crippen molar-refractivity contribution in [2.24, 2.45) is 17.7 Å². The van der Waals surface area contributed by atoms with Gasteiger partial charge in [0.25, 0.3) is 0 Å². The van der Waals surface area contributed by atoms with Gasteiger partial charge in [-0.3, -0.25) is 15.5 Å². The second-order valence-corrected chi connectivity index (χ2v) is 9.95. The molecular weight excluding hydrogens is 364 g/mol. The van der Waals surface area contributed by atoms with Gasteiger partial charge in [0.05, 0.1) is 0 Å². The lowest BCUT2D eigenvalue weighted by Crippen LogP contribution is -2.55. The Balaban J connectivity index is 1.16. The van der Waals surface area contributed by atoms with E-state index in [0.717, 1.165) is 77.2 Å². The second-order valence-electron chi connectivity index (χ2n) is 9.95. The van der Waals surface area contributed by atoms with Gasteiger partial charge in [-0.25, -0.2) is 5.01 Å². The van der Waals surface area contributed by atoms with Gasteiger partial charge in [0.1, 0.15) is 0 Å². The Morgan fingerprint density at radius 2 is 1.41 bits per heavy atom. The SMILES string of the molecule is CN1CCC(N2CCN(C(=O)C3CCN(CC4CCN(N)CC4)CC3)CC2)CC1. The third-order valence-corrected chi connectivity index (χ3v) is 7.93. The van der Waals surface area contributed by atoms with Crippen molar-refractivity contribution >= 4 is 5.91 Å². The summed E-state index contributed by atoms with van der Waals surface area (Å²) in [6.07, 6.45) is 7.10. The second kappa shape index (κ2) is 10.1.